The lowest BCUT2D eigenvalue weighted by molar-refractivity contribution is -0.131. The zero-order valence-electron chi connectivity index (χ0n) is 10.3. The van der Waals surface area contributed by atoms with Crippen molar-refractivity contribution in [3.05, 3.63) is 28.0 Å². The number of carboxylic acid groups (broad SMARTS) is 1. The predicted molar refractivity (Wildman–Crippen MR) is 71.5 cm³/mol. The number of aliphatic hydroxyl groups is 1. The van der Waals surface area contributed by atoms with E-state index < -0.39 is 11.6 Å². The standard InChI is InChI=1S/C13H17NO3S/c1-13(17)4-5-14(9-13)7-11-6-10(8-18-11)2-3-12(15)16/h2-3,6,8,17H,4-5,7,9H2,1H3,(H,15,16)/b3-2+. The topological polar surface area (TPSA) is 60.8 Å². The summed E-state index contributed by atoms with van der Waals surface area (Å²) in [7, 11) is 0. The van der Waals surface area contributed by atoms with Crippen LogP contribution in [-0.4, -0.2) is 39.8 Å². The lowest BCUT2D eigenvalue weighted by Gasteiger charge is -2.17. The van der Waals surface area contributed by atoms with Crippen molar-refractivity contribution in [1.82, 2.24) is 4.90 Å². The molecule has 1 aliphatic rings. The first-order valence-corrected chi connectivity index (χ1v) is 6.76. The average molecular weight is 267 g/mol. The third-order valence-corrected chi connectivity index (χ3v) is 3.94. The summed E-state index contributed by atoms with van der Waals surface area (Å²) in [6, 6.07) is 2.00. The van der Waals surface area contributed by atoms with Crippen LogP contribution in [0.25, 0.3) is 6.08 Å². The summed E-state index contributed by atoms with van der Waals surface area (Å²) < 4.78 is 0. The van der Waals surface area contributed by atoms with Crippen molar-refractivity contribution in [2.45, 2.75) is 25.5 Å². The van der Waals surface area contributed by atoms with E-state index in [0.29, 0.717) is 6.54 Å². The molecule has 1 aromatic heterocycles. The summed E-state index contributed by atoms with van der Waals surface area (Å²) in [5.74, 6) is -0.932. The summed E-state index contributed by atoms with van der Waals surface area (Å²) in [5, 5.41) is 20.4. The summed E-state index contributed by atoms with van der Waals surface area (Å²) in [6.45, 7) is 4.29. The second kappa shape index (κ2) is 5.22. The van der Waals surface area contributed by atoms with Gasteiger partial charge >= 0.3 is 5.97 Å². The molecule has 2 N–H and O–H groups in total. The highest BCUT2D eigenvalue weighted by molar-refractivity contribution is 7.10. The van der Waals surface area contributed by atoms with Crippen LogP contribution in [0.4, 0.5) is 0 Å². The van der Waals surface area contributed by atoms with Crippen molar-refractivity contribution in [1.29, 1.82) is 0 Å². The van der Waals surface area contributed by atoms with E-state index in [4.69, 9.17) is 5.11 Å². The largest absolute Gasteiger partial charge is 0.478 e. The molecule has 1 fully saturated rings. The van der Waals surface area contributed by atoms with E-state index >= 15 is 0 Å². The summed E-state index contributed by atoms with van der Waals surface area (Å²) in [5.41, 5.74) is 0.354. The summed E-state index contributed by atoms with van der Waals surface area (Å²) in [4.78, 5) is 13.8. The molecular weight excluding hydrogens is 250 g/mol. The molecule has 0 aliphatic carbocycles. The molecule has 0 aromatic carbocycles. The number of nitrogens with zero attached hydrogens (tertiary/aromatic N) is 1. The predicted octanol–water partition coefficient (Wildman–Crippen LogP) is 1.80. The first-order valence-electron chi connectivity index (χ1n) is 5.88. The molecule has 0 saturated carbocycles. The molecule has 98 valence electrons. The maximum absolute atomic E-state index is 10.4. The molecule has 18 heavy (non-hydrogen) atoms. The van der Waals surface area contributed by atoms with Gasteiger partial charge in [0.2, 0.25) is 0 Å². The van der Waals surface area contributed by atoms with E-state index in [1.54, 1.807) is 17.4 Å². The lowest BCUT2D eigenvalue weighted by Crippen LogP contribution is -2.29. The fourth-order valence-corrected chi connectivity index (χ4v) is 3.02. The van der Waals surface area contributed by atoms with Crippen LogP contribution < -0.4 is 0 Å². The minimum atomic E-state index is -0.932. The van der Waals surface area contributed by atoms with Gasteiger partial charge in [-0.25, -0.2) is 4.79 Å². The van der Waals surface area contributed by atoms with Gasteiger partial charge < -0.3 is 10.2 Å². The Morgan fingerprint density at radius 2 is 2.44 bits per heavy atom. The van der Waals surface area contributed by atoms with Crippen LogP contribution in [0.3, 0.4) is 0 Å². The third-order valence-electron chi connectivity index (χ3n) is 3.00. The molecule has 1 aliphatic heterocycles. The Morgan fingerprint density at radius 1 is 1.67 bits per heavy atom. The summed E-state index contributed by atoms with van der Waals surface area (Å²) in [6.07, 6.45) is 3.55. The number of hydrogen-bond donors (Lipinski definition) is 2. The lowest BCUT2D eigenvalue weighted by atomic mass is 10.1. The summed E-state index contributed by atoms with van der Waals surface area (Å²) >= 11 is 1.62. The highest BCUT2D eigenvalue weighted by Gasteiger charge is 2.31. The Kier molecular flexibility index (Phi) is 3.85. The maximum Gasteiger partial charge on any atom is 0.328 e. The highest BCUT2D eigenvalue weighted by Crippen LogP contribution is 2.24. The molecule has 1 atom stereocenters. The van der Waals surface area contributed by atoms with Crippen LogP contribution >= 0.6 is 11.3 Å². The van der Waals surface area contributed by atoms with E-state index in [1.165, 1.54) is 4.88 Å². The molecule has 4 nitrogen and oxygen atoms in total. The highest BCUT2D eigenvalue weighted by atomic mass is 32.1. The fraction of sp³-hybridized carbons (Fsp3) is 0.462. The number of thiophene rings is 1. The number of likely N-dealkylation sites (tertiary alicyclic amines) is 1. The Bertz CT molecular complexity index is 465. The van der Waals surface area contributed by atoms with Gasteiger partial charge in [-0.2, -0.15) is 0 Å². The van der Waals surface area contributed by atoms with Crippen LogP contribution in [0.5, 0.6) is 0 Å². The van der Waals surface area contributed by atoms with Crippen molar-refractivity contribution >= 4 is 23.4 Å². The van der Waals surface area contributed by atoms with Crippen molar-refractivity contribution in [3.8, 4) is 0 Å². The van der Waals surface area contributed by atoms with Crippen molar-refractivity contribution in [3.63, 3.8) is 0 Å². The van der Waals surface area contributed by atoms with E-state index in [2.05, 4.69) is 4.90 Å². The minimum Gasteiger partial charge on any atom is -0.478 e. The zero-order valence-corrected chi connectivity index (χ0v) is 11.1. The quantitative estimate of drug-likeness (QED) is 0.817. The molecule has 2 heterocycles. The van der Waals surface area contributed by atoms with Gasteiger partial charge in [0.25, 0.3) is 0 Å². The van der Waals surface area contributed by atoms with Gasteiger partial charge in [-0.05, 0) is 36.4 Å². The van der Waals surface area contributed by atoms with E-state index in [0.717, 1.165) is 31.1 Å². The van der Waals surface area contributed by atoms with Crippen molar-refractivity contribution in [2.24, 2.45) is 0 Å². The van der Waals surface area contributed by atoms with Crippen LogP contribution in [0.15, 0.2) is 17.5 Å². The normalized spacial score (nSPS) is 25.0. The molecule has 0 spiro atoms. The van der Waals surface area contributed by atoms with Gasteiger partial charge in [-0.1, -0.05) is 0 Å². The monoisotopic (exact) mass is 267 g/mol. The van der Waals surface area contributed by atoms with E-state index in [9.17, 15) is 9.90 Å². The second-order valence-corrected chi connectivity index (χ2v) is 5.97. The van der Waals surface area contributed by atoms with Gasteiger partial charge in [0.05, 0.1) is 5.60 Å². The van der Waals surface area contributed by atoms with E-state index in [1.807, 2.05) is 18.4 Å². The molecular formula is C13H17NO3S. The van der Waals surface area contributed by atoms with Gasteiger partial charge in [-0.3, -0.25) is 4.90 Å². The third kappa shape index (κ3) is 3.66. The average Bonchev–Trinajstić information content (AvgIpc) is 2.83. The SMILES string of the molecule is CC1(O)CCN(Cc2cc(/C=C/C(=O)O)cs2)C1. The molecule has 1 saturated heterocycles. The molecule has 1 unspecified atom stereocenters. The zero-order chi connectivity index (χ0) is 13.2. The van der Waals surface area contributed by atoms with Crippen LogP contribution in [0.2, 0.25) is 0 Å². The molecule has 1 aromatic rings. The number of rotatable bonds is 4. The van der Waals surface area contributed by atoms with Crippen LogP contribution in [0.1, 0.15) is 23.8 Å². The Hall–Kier alpha value is -1.17. The van der Waals surface area contributed by atoms with Crippen LogP contribution in [-0.2, 0) is 11.3 Å². The van der Waals surface area contributed by atoms with Gasteiger partial charge in [-0.15, -0.1) is 11.3 Å². The fourth-order valence-electron chi connectivity index (χ4n) is 2.13. The second-order valence-electron chi connectivity index (χ2n) is 4.98. The van der Waals surface area contributed by atoms with Crippen molar-refractivity contribution in [2.75, 3.05) is 13.1 Å². The Morgan fingerprint density at radius 3 is 3.06 bits per heavy atom. The Labute approximate surface area is 110 Å². The number of carboxylic acids is 1. The van der Waals surface area contributed by atoms with Gasteiger partial charge in [0, 0.05) is 30.6 Å². The number of β-amino-alcohol motifs (C(OH)–C–C–N with tert-alkyl or cyclic N) is 1. The molecule has 0 radical (unpaired) electrons. The van der Waals surface area contributed by atoms with Gasteiger partial charge in [0.15, 0.2) is 0 Å². The maximum atomic E-state index is 10.4. The smallest absolute Gasteiger partial charge is 0.328 e. The molecule has 0 amide bonds. The molecule has 2 rings (SSSR count). The number of hydrogen-bond acceptors (Lipinski definition) is 4. The first-order chi connectivity index (χ1) is 8.44. The number of carbonyl (C=O) groups is 1. The van der Waals surface area contributed by atoms with Gasteiger partial charge in [0.1, 0.15) is 0 Å². The van der Waals surface area contributed by atoms with E-state index in [-0.39, 0.29) is 0 Å². The Balaban J connectivity index is 1.93. The number of aliphatic carboxylic acids is 1. The van der Waals surface area contributed by atoms with Crippen molar-refractivity contribution < 1.29 is 15.0 Å². The molecule has 0 bridgehead atoms. The van der Waals surface area contributed by atoms with Crippen LogP contribution in [0, 0.1) is 0 Å². The first kappa shape index (κ1) is 13.3. The minimum absolute atomic E-state index is 0.566. The molecule has 5 heteroatoms.